The monoisotopic (exact) mass is 539 g/mol. The van der Waals surface area contributed by atoms with Crippen LogP contribution < -0.4 is 0 Å². The fraction of sp³-hybridized carbons (Fsp3) is 0.308. The van der Waals surface area contributed by atoms with Crippen molar-refractivity contribution in [1.29, 1.82) is 0 Å². The number of ketones is 1. The molecule has 37 heavy (non-hydrogen) atoms. The molecule has 188 valence electrons. The smallest absolute Gasteiger partial charge is 0.274 e. The molecule has 0 N–H and O–H groups in total. The Morgan fingerprint density at radius 3 is 2.24 bits per heavy atom. The largest absolute Gasteiger partial charge is 0.292 e. The van der Waals surface area contributed by atoms with Gasteiger partial charge in [-0.1, -0.05) is 47.5 Å². The zero-order chi connectivity index (χ0) is 26.2. The Kier molecular flexibility index (Phi) is 5.47. The topological polar surface area (TPSA) is 118 Å². The molecule has 1 aliphatic heterocycles. The minimum absolute atomic E-state index is 0.00945. The van der Waals surface area contributed by atoms with Gasteiger partial charge in [-0.3, -0.25) is 29.3 Å². The molecule has 1 saturated heterocycles. The van der Waals surface area contributed by atoms with Crippen molar-refractivity contribution in [3.63, 3.8) is 0 Å². The Bertz CT molecular complexity index is 1410. The van der Waals surface area contributed by atoms with Crippen LogP contribution in [0.25, 0.3) is 0 Å². The number of carbonyl (C=O) groups is 4. The van der Waals surface area contributed by atoms with E-state index >= 15 is 0 Å². The molecule has 3 fully saturated rings. The van der Waals surface area contributed by atoms with E-state index in [4.69, 9.17) is 23.2 Å². The van der Waals surface area contributed by atoms with Crippen LogP contribution in [0.4, 0.5) is 5.69 Å². The lowest BCUT2D eigenvalue weighted by Gasteiger charge is -2.37. The van der Waals surface area contributed by atoms with Crippen LogP contribution in [0.5, 0.6) is 0 Å². The van der Waals surface area contributed by atoms with E-state index in [1.54, 1.807) is 0 Å². The maximum Gasteiger partial charge on any atom is 0.274 e. The summed E-state index contributed by atoms with van der Waals surface area (Å²) >= 11 is 12.2. The number of nitro groups is 1. The van der Waals surface area contributed by atoms with Crippen molar-refractivity contribution in [1.82, 2.24) is 10.0 Å². The van der Waals surface area contributed by atoms with Gasteiger partial charge in [-0.25, -0.2) is 5.01 Å². The van der Waals surface area contributed by atoms with E-state index in [-0.39, 0.29) is 38.7 Å². The molecule has 11 heteroatoms. The van der Waals surface area contributed by atoms with Gasteiger partial charge in [-0.05, 0) is 48.3 Å². The number of nitrogens with zero attached hydrogens (tertiary/aromatic N) is 3. The fourth-order valence-corrected chi connectivity index (χ4v) is 6.72. The molecule has 9 nitrogen and oxygen atoms in total. The van der Waals surface area contributed by atoms with Crippen molar-refractivity contribution in [2.45, 2.75) is 6.42 Å². The summed E-state index contributed by atoms with van der Waals surface area (Å²) < 4.78 is 0. The molecule has 2 bridgehead atoms. The molecule has 2 saturated carbocycles. The molecule has 2 aromatic carbocycles. The fourth-order valence-electron chi connectivity index (χ4n) is 6.23. The molecule has 2 aromatic rings. The first kappa shape index (κ1) is 23.8. The third-order valence-electron chi connectivity index (χ3n) is 7.95. The average molecular weight is 540 g/mol. The van der Waals surface area contributed by atoms with Crippen LogP contribution >= 0.6 is 23.2 Å². The second-order valence-corrected chi connectivity index (χ2v) is 10.7. The van der Waals surface area contributed by atoms with Crippen molar-refractivity contribution in [2.24, 2.45) is 35.5 Å². The number of carbonyl (C=O) groups excluding carboxylic acids is 4. The average Bonchev–Trinajstić information content (AvgIpc) is 3.66. The molecule has 5 aliphatic rings. The number of amides is 3. The van der Waals surface area contributed by atoms with Gasteiger partial charge in [-0.2, -0.15) is 5.01 Å². The summed E-state index contributed by atoms with van der Waals surface area (Å²) in [5, 5.41) is 13.1. The molecule has 4 aliphatic carbocycles. The Balaban J connectivity index is 1.38. The molecule has 0 aromatic heterocycles. The lowest BCUT2D eigenvalue weighted by atomic mass is 9.63. The molecule has 0 radical (unpaired) electrons. The zero-order valence-electron chi connectivity index (χ0n) is 19.1. The molecular weight excluding hydrogens is 521 g/mol. The number of halogens is 2. The van der Waals surface area contributed by atoms with Gasteiger partial charge in [0.1, 0.15) is 6.54 Å². The number of benzene rings is 2. The van der Waals surface area contributed by atoms with Crippen LogP contribution in [-0.2, 0) is 9.59 Å². The number of hydrogen-bond acceptors (Lipinski definition) is 6. The van der Waals surface area contributed by atoms with Crippen molar-refractivity contribution >= 4 is 52.4 Å². The molecule has 0 unspecified atom stereocenters. The summed E-state index contributed by atoms with van der Waals surface area (Å²) in [6.45, 7) is -0.689. The van der Waals surface area contributed by atoms with Crippen LogP contribution in [0.3, 0.4) is 0 Å². The van der Waals surface area contributed by atoms with Gasteiger partial charge in [0.25, 0.3) is 23.4 Å². The molecule has 1 heterocycles. The maximum atomic E-state index is 13.7. The van der Waals surface area contributed by atoms with Gasteiger partial charge in [-0.15, -0.1) is 0 Å². The lowest BCUT2D eigenvalue weighted by molar-refractivity contribution is -0.384. The highest BCUT2D eigenvalue weighted by molar-refractivity contribution is 6.36. The number of Topliss-reactive ketones (excluding diaryl/α,β-unsaturated/α-hetero) is 1. The lowest BCUT2D eigenvalue weighted by Crippen LogP contribution is -2.52. The maximum absolute atomic E-state index is 13.7. The number of nitro benzene ring substituents is 1. The number of hydrazine groups is 1. The van der Waals surface area contributed by atoms with E-state index in [1.807, 2.05) is 12.2 Å². The van der Waals surface area contributed by atoms with E-state index in [1.165, 1.54) is 36.4 Å². The van der Waals surface area contributed by atoms with Gasteiger partial charge >= 0.3 is 0 Å². The second kappa shape index (κ2) is 8.49. The molecular formula is C26H19Cl2N3O6. The number of imide groups is 1. The number of allylic oxidation sites excluding steroid dienone is 2. The first-order valence-corrected chi connectivity index (χ1v) is 12.5. The minimum atomic E-state index is -0.828. The van der Waals surface area contributed by atoms with Crippen LogP contribution in [0.15, 0.2) is 54.6 Å². The van der Waals surface area contributed by atoms with Gasteiger partial charge in [0.05, 0.1) is 27.3 Å². The Hall–Kier alpha value is -3.56. The van der Waals surface area contributed by atoms with E-state index in [0.717, 1.165) is 22.5 Å². The first-order valence-electron chi connectivity index (χ1n) is 11.8. The first-order chi connectivity index (χ1) is 17.7. The second-order valence-electron chi connectivity index (χ2n) is 9.86. The minimum Gasteiger partial charge on any atom is -0.292 e. The van der Waals surface area contributed by atoms with Crippen molar-refractivity contribution < 1.29 is 24.1 Å². The van der Waals surface area contributed by atoms with Crippen molar-refractivity contribution in [3.8, 4) is 0 Å². The van der Waals surface area contributed by atoms with Gasteiger partial charge in [0.2, 0.25) is 0 Å². The normalized spacial score (nSPS) is 28.6. The SMILES string of the molecule is O=C(CN(C(=O)c1ccc(Cl)cc1Cl)N1C(=O)[C@@H]2[C@H]3C=C[C@@H]([C@@H]4C[C@H]34)[C@H]2C1=O)c1cccc([N+](=O)[O-])c1. The van der Waals surface area contributed by atoms with Gasteiger partial charge in [0, 0.05) is 22.7 Å². The third kappa shape index (κ3) is 3.67. The molecule has 6 atom stereocenters. The highest BCUT2D eigenvalue weighted by Gasteiger charge is 2.68. The van der Waals surface area contributed by atoms with E-state index in [2.05, 4.69) is 0 Å². The van der Waals surface area contributed by atoms with E-state index in [9.17, 15) is 29.3 Å². The molecule has 7 rings (SSSR count). The highest BCUT2D eigenvalue weighted by Crippen LogP contribution is 2.65. The number of rotatable bonds is 6. The summed E-state index contributed by atoms with van der Waals surface area (Å²) in [4.78, 5) is 65.0. The Labute approximate surface area is 220 Å². The quantitative estimate of drug-likeness (QED) is 0.178. The summed E-state index contributed by atoms with van der Waals surface area (Å²) in [6, 6.07) is 9.19. The van der Waals surface area contributed by atoms with E-state index in [0.29, 0.717) is 11.8 Å². The molecule has 0 spiro atoms. The Morgan fingerprint density at radius 2 is 1.65 bits per heavy atom. The van der Waals surface area contributed by atoms with Gasteiger partial charge in [0.15, 0.2) is 5.78 Å². The van der Waals surface area contributed by atoms with Gasteiger partial charge < -0.3 is 0 Å². The predicted molar refractivity (Wildman–Crippen MR) is 131 cm³/mol. The van der Waals surface area contributed by atoms with Crippen molar-refractivity contribution in [3.05, 3.63) is 85.9 Å². The van der Waals surface area contributed by atoms with E-state index < -0.39 is 46.8 Å². The molecule has 3 amide bonds. The van der Waals surface area contributed by atoms with Crippen molar-refractivity contribution in [2.75, 3.05) is 6.54 Å². The third-order valence-corrected chi connectivity index (χ3v) is 8.50. The Morgan fingerprint density at radius 1 is 1.00 bits per heavy atom. The summed E-state index contributed by atoms with van der Waals surface area (Å²) in [6.07, 6.45) is 4.99. The van der Waals surface area contributed by atoms with Crippen LogP contribution in [0.2, 0.25) is 10.0 Å². The van der Waals surface area contributed by atoms with Crippen LogP contribution in [0, 0.1) is 45.6 Å². The summed E-state index contributed by atoms with van der Waals surface area (Å²) in [7, 11) is 0. The van der Waals surface area contributed by atoms with Crippen LogP contribution in [0.1, 0.15) is 27.1 Å². The predicted octanol–water partition coefficient (Wildman–Crippen LogP) is 4.19. The standard InChI is InChI=1S/C26H19Cl2N3O6/c27-13-4-5-17(20(28)9-13)24(33)29(11-21(32)12-2-1-3-14(8-12)31(36)37)30-25(34)22-15-6-7-16(19-10-18(15)19)23(22)26(30)35/h1-9,15-16,18-19,22-23H,10-11H2/t15-,16-,18-,19+,22+,23+/m0/s1. The number of non-ortho nitro benzene ring substituents is 1. The summed E-state index contributed by atoms with van der Waals surface area (Å²) in [5.41, 5.74) is -0.378. The highest BCUT2D eigenvalue weighted by atomic mass is 35.5. The number of hydrogen-bond donors (Lipinski definition) is 0. The van der Waals surface area contributed by atoms with Crippen LogP contribution in [-0.4, -0.2) is 45.0 Å². The zero-order valence-corrected chi connectivity index (χ0v) is 20.6. The summed E-state index contributed by atoms with van der Waals surface area (Å²) in [5.74, 6) is -3.17.